The Hall–Kier alpha value is -2.63. The lowest BCUT2D eigenvalue weighted by Gasteiger charge is -2.08. The minimum absolute atomic E-state index is 0.128. The molecule has 6 heteroatoms. The minimum Gasteiger partial charge on any atom is -0.478 e. The second-order valence-corrected chi connectivity index (χ2v) is 8.44. The van der Waals surface area contributed by atoms with Gasteiger partial charge in [-0.1, -0.05) is 76.9 Å². The summed E-state index contributed by atoms with van der Waals surface area (Å²) in [6.45, 7) is 2.47. The predicted molar refractivity (Wildman–Crippen MR) is 130 cm³/mol. The first kappa shape index (κ1) is 28.4. The number of aromatic carboxylic acids is 2. The molecule has 0 amide bonds. The van der Waals surface area contributed by atoms with Crippen LogP contribution in [0, 0.1) is 0 Å². The highest BCUT2D eigenvalue weighted by atomic mass is 16.5. The van der Waals surface area contributed by atoms with E-state index in [0.717, 1.165) is 38.2 Å². The van der Waals surface area contributed by atoms with Gasteiger partial charge in [-0.05, 0) is 50.3 Å². The van der Waals surface area contributed by atoms with Crippen molar-refractivity contribution in [3.63, 3.8) is 0 Å². The van der Waals surface area contributed by atoms with Gasteiger partial charge < -0.3 is 14.9 Å². The Bertz CT molecular complexity index is 753. The van der Waals surface area contributed by atoms with Crippen molar-refractivity contribution in [2.75, 3.05) is 6.61 Å². The van der Waals surface area contributed by atoms with Crippen molar-refractivity contribution in [1.29, 1.82) is 0 Å². The molecule has 6 nitrogen and oxygen atoms in total. The monoisotopic (exact) mass is 460 g/mol. The molecule has 0 atom stereocenters. The summed E-state index contributed by atoms with van der Waals surface area (Å²) >= 11 is 0. The summed E-state index contributed by atoms with van der Waals surface area (Å²) in [6.07, 6.45) is 21.3. The Morgan fingerprint density at radius 2 is 1.27 bits per heavy atom. The fourth-order valence-corrected chi connectivity index (χ4v) is 3.62. The number of rotatable bonds is 19. The number of hydrogen-bond acceptors (Lipinski definition) is 4. The molecule has 0 heterocycles. The molecular weight excluding hydrogens is 420 g/mol. The molecule has 0 saturated carbocycles. The predicted octanol–water partition coefficient (Wildman–Crippen LogP) is 7.28. The number of ether oxygens (including phenoxy) is 1. The van der Waals surface area contributed by atoms with Crippen molar-refractivity contribution < 1.29 is 29.3 Å². The Labute approximate surface area is 198 Å². The van der Waals surface area contributed by atoms with Gasteiger partial charge in [-0.25, -0.2) is 14.4 Å². The molecule has 0 aliphatic heterocycles. The van der Waals surface area contributed by atoms with E-state index in [4.69, 9.17) is 9.84 Å². The fraction of sp³-hybridized carbons (Fsp3) is 0.593. The van der Waals surface area contributed by atoms with Crippen LogP contribution >= 0.6 is 0 Å². The number of allylic oxidation sites excluding steroid dienone is 2. The van der Waals surface area contributed by atoms with Gasteiger partial charge in [-0.15, -0.1) is 0 Å². The maximum atomic E-state index is 12.2. The quantitative estimate of drug-likeness (QED) is 0.128. The van der Waals surface area contributed by atoms with E-state index in [9.17, 15) is 19.5 Å². The number of carbonyl (C=O) groups is 3. The van der Waals surface area contributed by atoms with Crippen molar-refractivity contribution >= 4 is 17.9 Å². The topological polar surface area (TPSA) is 101 Å². The second-order valence-electron chi connectivity index (χ2n) is 8.44. The molecule has 184 valence electrons. The number of carboxylic acids is 2. The number of benzene rings is 1. The summed E-state index contributed by atoms with van der Waals surface area (Å²) in [5.41, 5.74) is -0.671. The third-order valence-electron chi connectivity index (χ3n) is 5.61. The van der Waals surface area contributed by atoms with Gasteiger partial charge in [0.05, 0.1) is 23.3 Å². The van der Waals surface area contributed by atoms with E-state index in [0.29, 0.717) is 0 Å². The van der Waals surface area contributed by atoms with Crippen molar-refractivity contribution in [1.82, 2.24) is 0 Å². The molecule has 0 aliphatic rings. The number of carboxylic acid groups (broad SMARTS) is 2. The molecule has 0 saturated heterocycles. The highest BCUT2D eigenvalue weighted by Gasteiger charge is 2.20. The first-order valence-corrected chi connectivity index (χ1v) is 12.4. The third kappa shape index (κ3) is 12.9. The molecule has 0 aliphatic carbocycles. The molecule has 0 spiro atoms. The van der Waals surface area contributed by atoms with E-state index in [1.807, 2.05) is 0 Å². The molecule has 0 bridgehead atoms. The van der Waals surface area contributed by atoms with Crippen LogP contribution in [0.25, 0.3) is 0 Å². The van der Waals surface area contributed by atoms with Crippen molar-refractivity contribution in [3.05, 3.63) is 47.0 Å². The van der Waals surface area contributed by atoms with Crippen molar-refractivity contribution in [3.8, 4) is 0 Å². The smallest absolute Gasteiger partial charge is 0.339 e. The average molecular weight is 461 g/mol. The van der Waals surface area contributed by atoms with Crippen molar-refractivity contribution in [2.45, 2.75) is 96.8 Å². The summed E-state index contributed by atoms with van der Waals surface area (Å²) in [5.74, 6) is -3.35. The standard InChI is InChI=1S/C27H40O6/c1-2-3-4-5-6-7-8-9-10-11-12-13-14-15-16-17-20-33-27(32)23-19-18-22(25(28)29)21-24(23)26(30)31/h9-10,18-19,21H,2-8,11-17,20H2,1H3,(H,28,29)(H,30,31). The van der Waals surface area contributed by atoms with E-state index in [1.165, 1.54) is 69.9 Å². The third-order valence-corrected chi connectivity index (χ3v) is 5.61. The Balaban J connectivity index is 2.08. The molecule has 2 N–H and O–H groups in total. The SMILES string of the molecule is CCCCCCCCC=CCCCCCCCCOC(=O)c1ccc(C(=O)O)cc1C(=O)O. The van der Waals surface area contributed by atoms with Crippen LogP contribution in [0.2, 0.25) is 0 Å². The van der Waals surface area contributed by atoms with Crippen LogP contribution < -0.4 is 0 Å². The average Bonchev–Trinajstić information content (AvgIpc) is 2.80. The Morgan fingerprint density at radius 3 is 1.82 bits per heavy atom. The van der Waals surface area contributed by atoms with Gasteiger partial charge in [0, 0.05) is 0 Å². The summed E-state index contributed by atoms with van der Waals surface area (Å²) in [7, 11) is 0. The second kappa shape index (κ2) is 17.9. The fourth-order valence-electron chi connectivity index (χ4n) is 3.62. The summed E-state index contributed by atoms with van der Waals surface area (Å²) < 4.78 is 5.18. The molecule has 0 fully saturated rings. The molecule has 0 radical (unpaired) electrons. The summed E-state index contributed by atoms with van der Waals surface area (Å²) in [4.78, 5) is 34.5. The van der Waals surface area contributed by atoms with Gasteiger partial charge in [-0.2, -0.15) is 0 Å². The van der Waals surface area contributed by atoms with Crippen LogP contribution in [0.4, 0.5) is 0 Å². The number of carbonyl (C=O) groups excluding carboxylic acids is 1. The van der Waals surface area contributed by atoms with Crippen LogP contribution in [0.1, 0.15) is 128 Å². The number of esters is 1. The summed E-state index contributed by atoms with van der Waals surface area (Å²) in [5, 5.41) is 18.2. The van der Waals surface area contributed by atoms with Crippen LogP contribution in [-0.2, 0) is 4.74 Å². The molecule has 0 aromatic heterocycles. The molecular formula is C27H40O6. The molecule has 1 aromatic carbocycles. The van der Waals surface area contributed by atoms with E-state index < -0.39 is 17.9 Å². The Kier molecular flexibility index (Phi) is 15.4. The molecule has 1 aromatic rings. The van der Waals surface area contributed by atoms with E-state index in [2.05, 4.69) is 19.1 Å². The lowest BCUT2D eigenvalue weighted by Crippen LogP contribution is -2.13. The van der Waals surface area contributed by atoms with Crippen LogP contribution in [0.5, 0.6) is 0 Å². The molecule has 0 unspecified atom stereocenters. The highest BCUT2D eigenvalue weighted by Crippen LogP contribution is 2.15. The Morgan fingerprint density at radius 1 is 0.727 bits per heavy atom. The number of unbranched alkanes of at least 4 members (excludes halogenated alkanes) is 12. The van der Waals surface area contributed by atoms with Crippen LogP contribution in [0.3, 0.4) is 0 Å². The van der Waals surface area contributed by atoms with Crippen molar-refractivity contribution in [2.24, 2.45) is 0 Å². The maximum Gasteiger partial charge on any atom is 0.339 e. The van der Waals surface area contributed by atoms with E-state index in [-0.39, 0.29) is 23.3 Å². The first-order chi connectivity index (χ1) is 16.0. The zero-order chi connectivity index (χ0) is 24.3. The maximum absolute atomic E-state index is 12.2. The van der Waals surface area contributed by atoms with Gasteiger partial charge in [0.15, 0.2) is 0 Å². The normalized spacial score (nSPS) is 11.1. The molecule has 33 heavy (non-hydrogen) atoms. The van der Waals surface area contributed by atoms with Gasteiger partial charge in [0.25, 0.3) is 0 Å². The minimum atomic E-state index is -1.36. The lowest BCUT2D eigenvalue weighted by atomic mass is 10.0. The van der Waals surface area contributed by atoms with Gasteiger partial charge in [0.1, 0.15) is 0 Å². The largest absolute Gasteiger partial charge is 0.478 e. The van der Waals surface area contributed by atoms with E-state index >= 15 is 0 Å². The van der Waals surface area contributed by atoms with E-state index in [1.54, 1.807) is 0 Å². The molecule has 1 rings (SSSR count). The lowest BCUT2D eigenvalue weighted by molar-refractivity contribution is 0.0486. The summed E-state index contributed by atoms with van der Waals surface area (Å²) in [6, 6.07) is 3.37. The zero-order valence-corrected chi connectivity index (χ0v) is 20.0. The number of hydrogen-bond donors (Lipinski definition) is 2. The first-order valence-electron chi connectivity index (χ1n) is 12.4. The van der Waals surface area contributed by atoms with Gasteiger partial charge in [0.2, 0.25) is 0 Å². The highest BCUT2D eigenvalue weighted by molar-refractivity contribution is 6.04. The van der Waals surface area contributed by atoms with Crippen LogP contribution in [0.15, 0.2) is 30.4 Å². The van der Waals surface area contributed by atoms with Gasteiger partial charge in [-0.3, -0.25) is 0 Å². The van der Waals surface area contributed by atoms with Gasteiger partial charge >= 0.3 is 17.9 Å². The zero-order valence-electron chi connectivity index (χ0n) is 20.0. The van der Waals surface area contributed by atoms with Crippen LogP contribution in [-0.4, -0.2) is 34.7 Å².